The van der Waals surface area contributed by atoms with Gasteiger partial charge < -0.3 is 4.90 Å². The van der Waals surface area contributed by atoms with Crippen LogP contribution in [-0.2, 0) is 23.4 Å². The molecule has 3 aromatic rings. The Morgan fingerprint density at radius 2 is 1.87 bits per heavy atom. The number of hydrogen-bond acceptors (Lipinski definition) is 7. The van der Waals surface area contributed by atoms with Gasteiger partial charge in [-0.2, -0.15) is 5.10 Å². The van der Waals surface area contributed by atoms with E-state index in [0.717, 1.165) is 11.1 Å². The molecule has 1 aromatic carbocycles. The van der Waals surface area contributed by atoms with Gasteiger partial charge in [0.1, 0.15) is 18.0 Å². The number of anilines is 1. The smallest absolute Gasteiger partial charge is 0.153 e. The van der Waals surface area contributed by atoms with Crippen molar-refractivity contribution in [3.05, 3.63) is 59.6 Å². The van der Waals surface area contributed by atoms with Gasteiger partial charge in [0.15, 0.2) is 9.84 Å². The highest BCUT2D eigenvalue weighted by Crippen LogP contribution is 2.31. The van der Waals surface area contributed by atoms with Gasteiger partial charge >= 0.3 is 0 Å². The van der Waals surface area contributed by atoms with Gasteiger partial charge in [0.05, 0.1) is 35.7 Å². The third-order valence-electron chi connectivity index (χ3n) is 5.44. The van der Waals surface area contributed by atoms with Crippen LogP contribution < -0.4 is 4.90 Å². The van der Waals surface area contributed by atoms with E-state index in [1.165, 1.54) is 12.4 Å². The Kier molecular flexibility index (Phi) is 4.39. The number of sulfone groups is 1. The zero-order valence-corrected chi connectivity index (χ0v) is 17.1. The monoisotopic (exact) mass is 426 g/mol. The van der Waals surface area contributed by atoms with E-state index < -0.39 is 9.84 Å². The van der Waals surface area contributed by atoms with Gasteiger partial charge in [-0.05, 0) is 17.7 Å². The molecule has 0 saturated carbocycles. The summed E-state index contributed by atoms with van der Waals surface area (Å²) in [6.07, 6.45) is 4.85. The van der Waals surface area contributed by atoms with Crippen LogP contribution in [0.25, 0.3) is 11.1 Å². The van der Waals surface area contributed by atoms with Crippen molar-refractivity contribution in [3.8, 4) is 11.1 Å². The molecule has 2 aromatic heterocycles. The van der Waals surface area contributed by atoms with Crippen molar-refractivity contribution in [1.29, 1.82) is 0 Å². The molecular formula is C20H19FN6O2S. The summed E-state index contributed by atoms with van der Waals surface area (Å²) in [5.74, 6) is 0.588. The first-order valence-corrected chi connectivity index (χ1v) is 11.4. The maximum absolute atomic E-state index is 14.7. The van der Waals surface area contributed by atoms with E-state index in [-0.39, 0.29) is 17.3 Å². The number of hydrogen-bond donors (Lipinski definition) is 0. The first-order valence-electron chi connectivity index (χ1n) is 9.54. The number of fused-ring (bicyclic) bond motifs is 1. The molecule has 4 heterocycles. The van der Waals surface area contributed by atoms with Crippen molar-refractivity contribution in [2.75, 3.05) is 29.5 Å². The van der Waals surface area contributed by atoms with Gasteiger partial charge in [-0.1, -0.05) is 0 Å². The summed E-state index contributed by atoms with van der Waals surface area (Å²) in [4.78, 5) is 15.2. The number of aliphatic imine (C=N–C) groups is 1. The molecule has 8 nitrogen and oxygen atoms in total. The predicted octanol–water partition coefficient (Wildman–Crippen LogP) is 1.60. The first-order chi connectivity index (χ1) is 14.4. The summed E-state index contributed by atoms with van der Waals surface area (Å²) in [5.41, 5.74) is 4.12. The summed E-state index contributed by atoms with van der Waals surface area (Å²) in [6, 6.07) is 5.13. The molecule has 0 spiro atoms. The lowest BCUT2D eigenvalue weighted by Crippen LogP contribution is -2.40. The summed E-state index contributed by atoms with van der Waals surface area (Å²) < 4.78 is 39.7. The van der Waals surface area contributed by atoms with Crippen LogP contribution in [0, 0.1) is 5.82 Å². The molecule has 0 aliphatic carbocycles. The number of benzene rings is 1. The number of aromatic nitrogens is 4. The Morgan fingerprint density at radius 3 is 2.60 bits per heavy atom. The van der Waals surface area contributed by atoms with Crippen molar-refractivity contribution in [2.45, 2.75) is 6.54 Å². The summed E-state index contributed by atoms with van der Waals surface area (Å²) in [6.45, 7) is 1.19. The van der Waals surface area contributed by atoms with Gasteiger partial charge in [0.2, 0.25) is 0 Å². The van der Waals surface area contributed by atoms with Crippen LogP contribution in [0.5, 0.6) is 0 Å². The third kappa shape index (κ3) is 3.36. The first kappa shape index (κ1) is 18.9. The number of rotatable bonds is 3. The summed E-state index contributed by atoms with van der Waals surface area (Å²) >= 11 is 0. The molecular weight excluding hydrogens is 407 g/mol. The van der Waals surface area contributed by atoms with Crippen molar-refractivity contribution < 1.29 is 12.8 Å². The van der Waals surface area contributed by atoms with E-state index in [1.807, 2.05) is 11.0 Å². The van der Waals surface area contributed by atoms with E-state index in [0.29, 0.717) is 48.0 Å². The van der Waals surface area contributed by atoms with Gasteiger partial charge in [-0.15, -0.1) is 0 Å². The van der Waals surface area contributed by atoms with Crippen molar-refractivity contribution in [3.63, 3.8) is 0 Å². The van der Waals surface area contributed by atoms with Crippen molar-refractivity contribution in [1.82, 2.24) is 19.7 Å². The molecule has 0 N–H and O–H groups in total. The maximum atomic E-state index is 14.7. The fourth-order valence-corrected chi connectivity index (χ4v) is 5.01. The molecule has 0 bridgehead atoms. The second kappa shape index (κ2) is 6.98. The standard InChI is InChI=1S/C20H19FN6O2S/c1-26-11-14(10-25-26)15-7-16-13(6-17(15)21)9-22-20(16)18-8-19(24-12-23-18)27-2-4-30(28,29)5-3-27/h6-8,10-12H,2-5,9H2,1H3. The maximum Gasteiger partial charge on any atom is 0.153 e. The third-order valence-corrected chi connectivity index (χ3v) is 7.04. The van der Waals surface area contributed by atoms with Gasteiger partial charge in [0.25, 0.3) is 0 Å². The fourth-order valence-electron chi connectivity index (χ4n) is 3.81. The van der Waals surface area contributed by atoms with E-state index in [4.69, 9.17) is 0 Å². The molecule has 5 rings (SSSR count). The van der Waals surface area contributed by atoms with E-state index in [9.17, 15) is 12.8 Å². The predicted molar refractivity (Wildman–Crippen MR) is 111 cm³/mol. The second-order valence-electron chi connectivity index (χ2n) is 7.46. The molecule has 0 unspecified atom stereocenters. The summed E-state index contributed by atoms with van der Waals surface area (Å²) in [7, 11) is -1.19. The molecule has 154 valence electrons. The highest BCUT2D eigenvalue weighted by Gasteiger charge is 2.25. The highest BCUT2D eigenvalue weighted by atomic mass is 32.2. The summed E-state index contributed by atoms with van der Waals surface area (Å²) in [5, 5.41) is 4.13. The lowest BCUT2D eigenvalue weighted by Gasteiger charge is -2.27. The number of aryl methyl sites for hydroxylation is 1. The number of halogens is 1. The normalized spacial score (nSPS) is 17.7. The Balaban J connectivity index is 1.49. The van der Waals surface area contributed by atoms with Crippen LogP contribution in [-0.4, -0.2) is 58.5 Å². The average molecular weight is 426 g/mol. The quantitative estimate of drug-likeness (QED) is 0.632. The van der Waals surface area contributed by atoms with Gasteiger partial charge in [-0.3, -0.25) is 9.67 Å². The van der Waals surface area contributed by atoms with Crippen molar-refractivity contribution >= 4 is 21.4 Å². The van der Waals surface area contributed by atoms with Gasteiger partial charge in [-0.25, -0.2) is 22.8 Å². The Morgan fingerprint density at radius 1 is 1.07 bits per heavy atom. The van der Waals surface area contributed by atoms with E-state index in [2.05, 4.69) is 20.1 Å². The molecule has 0 amide bonds. The van der Waals surface area contributed by atoms with E-state index >= 15 is 0 Å². The van der Waals surface area contributed by atoms with E-state index in [1.54, 1.807) is 30.2 Å². The van der Waals surface area contributed by atoms with Gasteiger partial charge in [0, 0.05) is 49.1 Å². The Labute approximate surface area is 173 Å². The Hall–Kier alpha value is -3.14. The minimum atomic E-state index is -2.97. The SMILES string of the molecule is Cn1cc(-c2cc3c(cc2F)CN=C3c2cc(N3CCS(=O)(=O)CC3)ncn2)cn1. The molecule has 2 aliphatic heterocycles. The molecule has 10 heteroatoms. The highest BCUT2D eigenvalue weighted by molar-refractivity contribution is 7.91. The lowest BCUT2D eigenvalue weighted by atomic mass is 9.97. The lowest BCUT2D eigenvalue weighted by molar-refractivity contribution is 0.586. The van der Waals surface area contributed by atoms with Crippen LogP contribution in [0.2, 0.25) is 0 Å². The fraction of sp³-hybridized carbons (Fsp3) is 0.300. The van der Waals surface area contributed by atoms with Crippen LogP contribution in [0.3, 0.4) is 0 Å². The largest absolute Gasteiger partial charge is 0.354 e. The Bertz CT molecular complexity index is 1270. The zero-order chi connectivity index (χ0) is 20.9. The zero-order valence-electron chi connectivity index (χ0n) is 16.3. The van der Waals surface area contributed by atoms with Crippen LogP contribution in [0.15, 0.2) is 41.9 Å². The molecule has 30 heavy (non-hydrogen) atoms. The molecule has 1 fully saturated rings. The molecule has 0 atom stereocenters. The van der Waals surface area contributed by atoms with Crippen LogP contribution in [0.1, 0.15) is 16.8 Å². The van der Waals surface area contributed by atoms with Crippen LogP contribution >= 0.6 is 0 Å². The average Bonchev–Trinajstić information content (AvgIpc) is 3.33. The minimum absolute atomic E-state index is 0.115. The molecule has 0 radical (unpaired) electrons. The van der Waals surface area contributed by atoms with Crippen molar-refractivity contribution in [2.24, 2.45) is 12.0 Å². The minimum Gasteiger partial charge on any atom is -0.354 e. The van der Waals surface area contributed by atoms with Crippen LogP contribution in [0.4, 0.5) is 10.2 Å². The second-order valence-corrected chi connectivity index (χ2v) is 9.76. The number of nitrogens with zero attached hydrogens (tertiary/aromatic N) is 6. The topological polar surface area (TPSA) is 93.3 Å². The molecule has 2 aliphatic rings. The molecule has 1 saturated heterocycles.